The van der Waals surface area contributed by atoms with Crippen molar-refractivity contribution in [3.05, 3.63) is 29.6 Å². The van der Waals surface area contributed by atoms with Gasteiger partial charge in [0.25, 0.3) is 0 Å². The van der Waals surface area contributed by atoms with E-state index >= 15 is 0 Å². The molecule has 1 rings (SSSR count). The lowest BCUT2D eigenvalue weighted by atomic mass is 10.1. The second-order valence-electron chi connectivity index (χ2n) is 3.16. The van der Waals surface area contributed by atoms with E-state index in [0.717, 1.165) is 12.3 Å². The van der Waals surface area contributed by atoms with Crippen molar-refractivity contribution in [3.63, 3.8) is 0 Å². The zero-order valence-electron chi connectivity index (χ0n) is 8.02. The second-order valence-corrected chi connectivity index (χ2v) is 3.16. The maximum atomic E-state index is 12.3. The number of aliphatic hydroxyl groups excluding tert-OH is 3. The standard InChI is InChI=1S/C9H10F3NO3/c10-9(11,12)5-1-2-13-6(3-5)8(16)7(15)4-14/h1-3,7-8,14-16H,4H2. The highest BCUT2D eigenvalue weighted by molar-refractivity contribution is 5.21. The number of hydrogen-bond donors (Lipinski definition) is 3. The summed E-state index contributed by atoms with van der Waals surface area (Å²) < 4.78 is 36.9. The van der Waals surface area contributed by atoms with Gasteiger partial charge in [-0.05, 0) is 12.1 Å². The molecule has 0 radical (unpaired) electrons. The van der Waals surface area contributed by atoms with Crippen molar-refractivity contribution in [1.29, 1.82) is 0 Å². The number of aromatic nitrogens is 1. The van der Waals surface area contributed by atoms with E-state index < -0.39 is 30.6 Å². The number of rotatable bonds is 3. The third-order valence-electron chi connectivity index (χ3n) is 1.96. The van der Waals surface area contributed by atoms with Crippen LogP contribution in [0, 0.1) is 0 Å². The van der Waals surface area contributed by atoms with Crippen LogP contribution in [-0.2, 0) is 6.18 Å². The van der Waals surface area contributed by atoms with Gasteiger partial charge in [-0.3, -0.25) is 4.98 Å². The number of halogens is 3. The molecule has 1 aromatic rings. The molecule has 1 heterocycles. The van der Waals surface area contributed by atoms with Crippen molar-refractivity contribution in [2.24, 2.45) is 0 Å². The van der Waals surface area contributed by atoms with Crippen molar-refractivity contribution >= 4 is 0 Å². The topological polar surface area (TPSA) is 73.6 Å². The summed E-state index contributed by atoms with van der Waals surface area (Å²) in [6, 6.07) is 1.38. The van der Waals surface area contributed by atoms with Gasteiger partial charge in [0.15, 0.2) is 0 Å². The fraction of sp³-hybridized carbons (Fsp3) is 0.444. The van der Waals surface area contributed by atoms with Crippen LogP contribution in [0.5, 0.6) is 0 Å². The van der Waals surface area contributed by atoms with Gasteiger partial charge in [0.05, 0.1) is 17.9 Å². The molecule has 1 aromatic heterocycles. The molecule has 3 N–H and O–H groups in total. The number of pyridine rings is 1. The van der Waals surface area contributed by atoms with Gasteiger partial charge in [0.2, 0.25) is 0 Å². The summed E-state index contributed by atoms with van der Waals surface area (Å²) in [5.74, 6) is 0. The molecular formula is C9H10F3NO3. The molecule has 90 valence electrons. The first-order chi connectivity index (χ1) is 7.36. The van der Waals surface area contributed by atoms with Crippen molar-refractivity contribution in [1.82, 2.24) is 4.98 Å². The Morgan fingerprint density at radius 1 is 1.31 bits per heavy atom. The molecule has 0 spiro atoms. The molecule has 2 unspecified atom stereocenters. The van der Waals surface area contributed by atoms with Gasteiger partial charge in [-0.25, -0.2) is 0 Å². The van der Waals surface area contributed by atoms with E-state index in [1.54, 1.807) is 0 Å². The lowest BCUT2D eigenvalue weighted by molar-refractivity contribution is -0.137. The van der Waals surface area contributed by atoms with Crippen molar-refractivity contribution in [2.45, 2.75) is 18.4 Å². The van der Waals surface area contributed by atoms with Crippen LogP contribution >= 0.6 is 0 Å². The highest BCUT2D eigenvalue weighted by atomic mass is 19.4. The van der Waals surface area contributed by atoms with Gasteiger partial charge < -0.3 is 15.3 Å². The minimum absolute atomic E-state index is 0.337. The van der Waals surface area contributed by atoms with Gasteiger partial charge in [0.1, 0.15) is 12.2 Å². The molecule has 0 saturated heterocycles. The molecule has 0 bridgehead atoms. The number of hydrogen-bond acceptors (Lipinski definition) is 4. The fourth-order valence-corrected chi connectivity index (χ4v) is 1.08. The number of aliphatic hydroxyl groups is 3. The maximum absolute atomic E-state index is 12.3. The van der Waals surface area contributed by atoms with E-state index in [4.69, 9.17) is 10.2 Å². The zero-order valence-corrected chi connectivity index (χ0v) is 8.02. The Kier molecular flexibility index (Phi) is 3.84. The lowest BCUT2D eigenvalue weighted by Gasteiger charge is -2.16. The van der Waals surface area contributed by atoms with Gasteiger partial charge in [0, 0.05) is 6.20 Å². The third-order valence-corrected chi connectivity index (χ3v) is 1.96. The first-order valence-electron chi connectivity index (χ1n) is 4.36. The first-order valence-corrected chi connectivity index (χ1v) is 4.36. The van der Waals surface area contributed by atoms with E-state index in [9.17, 15) is 18.3 Å². The normalized spacial score (nSPS) is 15.9. The summed E-state index contributed by atoms with van der Waals surface area (Å²) in [7, 11) is 0. The van der Waals surface area contributed by atoms with Crippen molar-refractivity contribution < 1.29 is 28.5 Å². The van der Waals surface area contributed by atoms with Crippen molar-refractivity contribution in [2.75, 3.05) is 6.61 Å². The highest BCUT2D eigenvalue weighted by Gasteiger charge is 2.31. The summed E-state index contributed by atoms with van der Waals surface area (Å²) in [5.41, 5.74) is -1.31. The summed E-state index contributed by atoms with van der Waals surface area (Å²) >= 11 is 0. The molecular weight excluding hydrogens is 227 g/mol. The third kappa shape index (κ3) is 2.91. The van der Waals surface area contributed by atoms with Gasteiger partial charge in [-0.15, -0.1) is 0 Å². The van der Waals surface area contributed by atoms with Crippen LogP contribution in [0.3, 0.4) is 0 Å². The zero-order chi connectivity index (χ0) is 12.3. The largest absolute Gasteiger partial charge is 0.416 e. The molecule has 0 amide bonds. The minimum atomic E-state index is -4.54. The van der Waals surface area contributed by atoms with E-state index in [0.29, 0.717) is 6.07 Å². The molecule has 0 aliphatic heterocycles. The van der Waals surface area contributed by atoms with Crippen LogP contribution in [0.2, 0.25) is 0 Å². The van der Waals surface area contributed by atoms with E-state index in [1.807, 2.05) is 0 Å². The first kappa shape index (κ1) is 12.9. The Morgan fingerprint density at radius 3 is 2.44 bits per heavy atom. The highest BCUT2D eigenvalue weighted by Crippen LogP contribution is 2.30. The monoisotopic (exact) mass is 237 g/mol. The smallest absolute Gasteiger partial charge is 0.394 e. The van der Waals surface area contributed by atoms with Gasteiger partial charge in [-0.1, -0.05) is 0 Å². The molecule has 16 heavy (non-hydrogen) atoms. The molecule has 0 aliphatic rings. The SMILES string of the molecule is OCC(O)C(O)c1cc(C(F)(F)F)ccn1. The molecule has 4 nitrogen and oxygen atoms in total. The fourth-order valence-electron chi connectivity index (χ4n) is 1.08. The Balaban J connectivity index is 2.99. The summed E-state index contributed by atoms with van der Waals surface area (Å²) in [4.78, 5) is 3.50. The van der Waals surface area contributed by atoms with Crippen LogP contribution in [0.4, 0.5) is 13.2 Å². The number of alkyl halides is 3. The molecule has 2 atom stereocenters. The predicted molar refractivity (Wildman–Crippen MR) is 47.3 cm³/mol. The lowest BCUT2D eigenvalue weighted by Crippen LogP contribution is -2.23. The van der Waals surface area contributed by atoms with Crippen LogP contribution in [0.25, 0.3) is 0 Å². The summed E-state index contributed by atoms with van der Waals surface area (Å²) in [6.45, 7) is -0.765. The van der Waals surface area contributed by atoms with Crippen LogP contribution < -0.4 is 0 Å². The summed E-state index contributed by atoms with van der Waals surface area (Å²) in [5, 5.41) is 26.9. The van der Waals surface area contributed by atoms with Crippen LogP contribution in [-0.4, -0.2) is 33.0 Å². The number of nitrogens with zero attached hydrogens (tertiary/aromatic N) is 1. The van der Waals surface area contributed by atoms with E-state index in [-0.39, 0.29) is 5.69 Å². The Labute approximate surface area is 89.0 Å². The molecule has 0 aromatic carbocycles. The van der Waals surface area contributed by atoms with Gasteiger partial charge in [-0.2, -0.15) is 13.2 Å². The van der Waals surface area contributed by atoms with Gasteiger partial charge >= 0.3 is 6.18 Å². The molecule has 0 saturated carbocycles. The molecule has 0 fully saturated rings. The quantitative estimate of drug-likeness (QED) is 0.715. The minimum Gasteiger partial charge on any atom is -0.394 e. The van der Waals surface area contributed by atoms with Crippen LogP contribution in [0.15, 0.2) is 18.3 Å². The Morgan fingerprint density at radius 2 is 1.94 bits per heavy atom. The summed E-state index contributed by atoms with van der Waals surface area (Å²) in [6.07, 6.45) is -6.86. The molecule has 7 heteroatoms. The average molecular weight is 237 g/mol. The van der Waals surface area contributed by atoms with Crippen LogP contribution in [0.1, 0.15) is 17.4 Å². The Hall–Kier alpha value is -1.18. The second kappa shape index (κ2) is 4.77. The van der Waals surface area contributed by atoms with Crippen molar-refractivity contribution in [3.8, 4) is 0 Å². The Bertz CT molecular complexity index is 356. The van der Waals surface area contributed by atoms with E-state index in [1.165, 1.54) is 0 Å². The molecule has 0 aliphatic carbocycles. The maximum Gasteiger partial charge on any atom is 0.416 e. The average Bonchev–Trinajstić information content (AvgIpc) is 2.26. The predicted octanol–water partition coefficient (Wildman–Crippen LogP) is 0.487. The van der Waals surface area contributed by atoms with E-state index in [2.05, 4.69) is 4.98 Å².